The summed E-state index contributed by atoms with van der Waals surface area (Å²) in [5.74, 6) is -0.00249. The number of nitrogens with one attached hydrogen (secondary N) is 1. The third-order valence-corrected chi connectivity index (χ3v) is 18.3. The average molecular weight is 1170 g/mol. The number of allylic oxidation sites excluding steroid dienone is 2. The first-order valence-electron chi connectivity index (χ1n) is 38.4. The van der Waals surface area contributed by atoms with Crippen molar-refractivity contribution in [2.75, 3.05) is 13.2 Å². The molecule has 0 radical (unpaired) electrons. The number of carbonyl (C=O) groups is 2. The van der Waals surface area contributed by atoms with E-state index < -0.39 is 12.1 Å². The van der Waals surface area contributed by atoms with E-state index >= 15 is 0 Å². The zero-order chi connectivity index (χ0) is 59.9. The number of esters is 1. The fourth-order valence-corrected chi connectivity index (χ4v) is 12.5. The molecule has 0 heterocycles. The molecule has 0 bridgehead atoms. The van der Waals surface area contributed by atoms with Crippen LogP contribution in [0.5, 0.6) is 0 Å². The molecule has 6 nitrogen and oxygen atoms in total. The second-order valence-electron chi connectivity index (χ2n) is 26.7. The smallest absolute Gasteiger partial charge is 0.305 e. The standard InChI is InChI=1S/C77H151NO5/c1-3-5-7-9-11-13-15-17-42-45-49-53-57-61-65-69-75(80)74(73-79)78-76(81)70-66-62-58-54-50-46-43-40-38-36-34-32-30-28-26-24-22-20-19-21-23-25-27-29-31-33-35-37-39-41-44-48-52-56-60-64-68-72-83-77(82)71-67-63-59-55-51-47-18-16-14-12-10-8-6-4-2/h19,21,74-75,79-80H,3-18,20,22-73H2,1-2H3,(H,78,81)/b21-19-. The summed E-state index contributed by atoms with van der Waals surface area (Å²) in [7, 11) is 0. The molecular weight excluding hydrogens is 1020 g/mol. The second kappa shape index (κ2) is 73.1. The lowest BCUT2D eigenvalue weighted by Gasteiger charge is -2.22. The minimum Gasteiger partial charge on any atom is -0.466 e. The van der Waals surface area contributed by atoms with Gasteiger partial charge in [-0.1, -0.05) is 392 Å². The van der Waals surface area contributed by atoms with E-state index in [4.69, 9.17) is 4.74 Å². The maximum absolute atomic E-state index is 12.5. The number of hydrogen-bond donors (Lipinski definition) is 3. The van der Waals surface area contributed by atoms with Crippen LogP contribution in [0.15, 0.2) is 12.2 Å². The molecule has 494 valence electrons. The van der Waals surface area contributed by atoms with E-state index in [2.05, 4.69) is 31.3 Å². The van der Waals surface area contributed by atoms with E-state index in [-0.39, 0.29) is 18.5 Å². The molecule has 6 heteroatoms. The molecule has 0 aliphatic rings. The van der Waals surface area contributed by atoms with E-state index in [1.165, 1.54) is 372 Å². The average Bonchev–Trinajstić information content (AvgIpc) is 3.49. The highest BCUT2D eigenvalue weighted by molar-refractivity contribution is 5.76. The Balaban J connectivity index is 3.31. The van der Waals surface area contributed by atoms with Crippen LogP contribution in [0.1, 0.15) is 444 Å². The number of ether oxygens (including phenoxy) is 1. The van der Waals surface area contributed by atoms with Crippen molar-refractivity contribution in [2.24, 2.45) is 0 Å². The van der Waals surface area contributed by atoms with Gasteiger partial charge < -0.3 is 20.3 Å². The van der Waals surface area contributed by atoms with Crippen LogP contribution in [-0.4, -0.2) is 47.4 Å². The molecule has 0 rings (SSSR count). The lowest BCUT2D eigenvalue weighted by Crippen LogP contribution is -2.45. The van der Waals surface area contributed by atoms with Crippen LogP contribution in [0.2, 0.25) is 0 Å². The molecule has 0 aromatic carbocycles. The molecule has 1 amide bonds. The van der Waals surface area contributed by atoms with Gasteiger partial charge in [0.2, 0.25) is 5.91 Å². The molecule has 3 N–H and O–H groups in total. The molecule has 0 aliphatic carbocycles. The van der Waals surface area contributed by atoms with Crippen molar-refractivity contribution >= 4 is 11.9 Å². The number of amides is 1. The van der Waals surface area contributed by atoms with Gasteiger partial charge in [0.25, 0.3) is 0 Å². The second-order valence-corrected chi connectivity index (χ2v) is 26.7. The summed E-state index contributed by atoms with van der Waals surface area (Å²) >= 11 is 0. The van der Waals surface area contributed by atoms with Gasteiger partial charge in [0.05, 0.1) is 25.4 Å². The van der Waals surface area contributed by atoms with Gasteiger partial charge in [-0.15, -0.1) is 0 Å². The zero-order valence-electron chi connectivity index (χ0n) is 56.7. The molecule has 0 saturated heterocycles. The van der Waals surface area contributed by atoms with Crippen LogP contribution < -0.4 is 5.32 Å². The number of carbonyl (C=O) groups excluding carboxylic acids is 2. The van der Waals surface area contributed by atoms with Crippen molar-refractivity contribution in [3.63, 3.8) is 0 Å². The van der Waals surface area contributed by atoms with Crippen LogP contribution in [0, 0.1) is 0 Å². The van der Waals surface area contributed by atoms with Crippen LogP contribution in [0.4, 0.5) is 0 Å². The summed E-state index contributed by atoms with van der Waals surface area (Å²) in [5.41, 5.74) is 0. The highest BCUT2D eigenvalue weighted by Crippen LogP contribution is 2.20. The van der Waals surface area contributed by atoms with Crippen molar-refractivity contribution < 1.29 is 24.5 Å². The number of hydrogen-bond acceptors (Lipinski definition) is 5. The summed E-state index contributed by atoms with van der Waals surface area (Å²) in [6, 6.07) is -0.537. The summed E-state index contributed by atoms with van der Waals surface area (Å²) in [6.07, 6.45) is 91.6. The van der Waals surface area contributed by atoms with Crippen LogP contribution in [-0.2, 0) is 14.3 Å². The Hall–Kier alpha value is -1.40. The first-order valence-corrected chi connectivity index (χ1v) is 38.4. The molecule has 0 saturated carbocycles. The SMILES string of the molecule is CCCCCCCCCCCCCCCCCC(O)C(CO)NC(=O)CCCCCCCCCCCCCCCCCCC/C=C\CCCCCCCCCCCCCCCCCCOC(=O)CCCCCCCCCCCCCCCC. The van der Waals surface area contributed by atoms with Gasteiger partial charge in [-0.2, -0.15) is 0 Å². The van der Waals surface area contributed by atoms with Crippen LogP contribution in [0.25, 0.3) is 0 Å². The minimum atomic E-state index is -0.660. The summed E-state index contributed by atoms with van der Waals surface area (Å²) in [6.45, 7) is 5.00. The van der Waals surface area contributed by atoms with Gasteiger partial charge in [0.1, 0.15) is 0 Å². The third-order valence-electron chi connectivity index (χ3n) is 18.3. The number of unbranched alkanes of at least 4 members (excludes halogenated alkanes) is 60. The van der Waals surface area contributed by atoms with Gasteiger partial charge >= 0.3 is 5.97 Å². The molecule has 0 spiro atoms. The zero-order valence-corrected chi connectivity index (χ0v) is 56.7. The Morgan fingerprint density at radius 3 is 0.855 bits per heavy atom. The number of rotatable bonds is 73. The van der Waals surface area contributed by atoms with E-state index in [1.807, 2.05) is 0 Å². The number of aliphatic hydroxyl groups is 2. The Bertz CT molecular complexity index is 1260. The predicted molar refractivity (Wildman–Crippen MR) is 366 cm³/mol. The fraction of sp³-hybridized carbons (Fsp3) is 0.948. The van der Waals surface area contributed by atoms with Gasteiger partial charge in [-0.05, 0) is 51.4 Å². The maximum Gasteiger partial charge on any atom is 0.305 e. The molecule has 83 heavy (non-hydrogen) atoms. The largest absolute Gasteiger partial charge is 0.466 e. The topological polar surface area (TPSA) is 95.9 Å². The van der Waals surface area contributed by atoms with E-state index in [1.54, 1.807) is 0 Å². The van der Waals surface area contributed by atoms with Gasteiger partial charge in [-0.25, -0.2) is 0 Å². The Morgan fingerprint density at radius 2 is 0.566 bits per heavy atom. The fourth-order valence-electron chi connectivity index (χ4n) is 12.5. The summed E-state index contributed by atoms with van der Waals surface area (Å²) < 4.78 is 5.50. The van der Waals surface area contributed by atoms with Crippen molar-refractivity contribution in [1.82, 2.24) is 5.32 Å². The lowest BCUT2D eigenvalue weighted by molar-refractivity contribution is -0.143. The highest BCUT2D eigenvalue weighted by atomic mass is 16.5. The molecule has 0 fully saturated rings. The molecule has 2 unspecified atom stereocenters. The predicted octanol–water partition coefficient (Wildman–Crippen LogP) is 25.1. The monoisotopic (exact) mass is 1170 g/mol. The van der Waals surface area contributed by atoms with E-state index in [9.17, 15) is 19.8 Å². The van der Waals surface area contributed by atoms with Crippen molar-refractivity contribution in [3.05, 3.63) is 12.2 Å². The first kappa shape index (κ1) is 81.6. The van der Waals surface area contributed by atoms with Crippen molar-refractivity contribution in [3.8, 4) is 0 Å². The Labute approximate surface area is 520 Å². The lowest BCUT2D eigenvalue weighted by atomic mass is 10.0. The third kappa shape index (κ3) is 69.6. The van der Waals surface area contributed by atoms with E-state index in [0.717, 1.165) is 38.5 Å². The van der Waals surface area contributed by atoms with Gasteiger partial charge in [-0.3, -0.25) is 9.59 Å². The number of aliphatic hydroxyl groups excluding tert-OH is 2. The quantitative estimate of drug-likeness (QED) is 0.0320. The van der Waals surface area contributed by atoms with Gasteiger partial charge in [0, 0.05) is 12.8 Å². The van der Waals surface area contributed by atoms with Crippen LogP contribution >= 0.6 is 0 Å². The molecule has 2 atom stereocenters. The molecular formula is C77H151NO5. The Kier molecular flexibility index (Phi) is 71.8. The first-order chi connectivity index (χ1) is 41.0. The summed E-state index contributed by atoms with van der Waals surface area (Å²) in [5, 5.41) is 23.4. The summed E-state index contributed by atoms with van der Waals surface area (Å²) in [4.78, 5) is 24.6. The normalized spacial score (nSPS) is 12.5. The molecule has 0 aromatic rings. The highest BCUT2D eigenvalue weighted by Gasteiger charge is 2.20. The van der Waals surface area contributed by atoms with E-state index in [0.29, 0.717) is 25.9 Å². The molecule has 0 aliphatic heterocycles. The van der Waals surface area contributed by atoms with Crippen LogP contribution in [0.3, 0.4) is 0 Å². The molecule has 0 aromatic heterocycles. The van der Waals surface area contributed by atoms with Crippen molar-refractivity contribution in [1.29, 1.82) is 0 Å². The van der Waals surface area contributed by atoms with Gasteiger partial charge in [0.15, 0.2) is 0 Å². The maximum atomic E-state index is 12.5. The van der Waals surface area contributed by atoms with Crippen molar-refractivity contribution in [2.45, 2.75) is 456 Å². The Morgan fingerprint density at radius 1 is 0.325 bits per heavy atom. The minimum absolute atomic E-state index is 0.0247.